The van der Waals surface area contributed by atoms with Gasteiger partial charge in [-0.05, 0) is 37.1 Å². The fraction of sp³-hybridized carbons (Fsp3) is 0.250. The molecule has 0 bridgehead atoms. The second-order valence-corrected chi connectivity index (χ2v) is 4.83. The van der Waals surface area contributed by atoms with Gasteiger partial charge in [0.2, 0.25) is 0 Å². The van der Waals surface area contributed by atoms with Gasteiger partial charge in [0.05, 0.1) is 0 Å². The van der Waals surface area contributed by atoms with Gasteiger partial charge in [-0.15, -0.1) is 0 Å². The number of hydrogen-bond donors (Lipinski definition) is 1. The third kappa shape index (κ3) is 3.14. The van der Waals surface area contributed by atoms with Gasteiger partial charge >= 0.3 is 0 Å². The normalized spacial score (nSPS) is 13.8. The molecular weight excluding hydrogens is 260 g/mol. The molecule has 0 saturated carbocycles. The summed E-state index contributed by atoms with van der Waals surface area (Å²) in [5, 5.41) is 0. The quantitative estimate of drug-likeness (QED) is 0.924. The molecule has 4 heteroatoms. The van der Waals surface area contributed by atoms with Crippen molar-refractivity contribution < 1.29 is 13.5 Å². The molecule has 0 saturated heterocycles. The summed E-state index contributed by atoms with van der Waals surface area (Å²) in [6.45, 7) is 3.70. The summed E-state index contributed by atoms with van der Waals surface area (Å²) < 4.78 is 32.5. The highest BCUT2D eigenvalue weighted by molar-refractivity contribution is 5.31. The van der Waals surface area contributed by atoms with E-state index >= 15 is 0 Å². The van der Waals surface area contributed by atoms with Crippen LogP contribution in [0.2, 0.25) is 0 Å². The van der Waals surface area contributed by atoms with Gasteiger partial charge in [-0.2, -0.15) is 0 Å². The molecule has 0 spiro atoms. The van der Waals surface area contributed by atoms with Crippen LogP contribution in [0.25, 0.3) is 0 Å². The van der Waals surface area contributed by atoms with Crippen LogP contribution in [-0.4, -0.2) is 6.04 Å². The van der Waals surface area contributed by atoms with Crippen molar-refractivity contribution in [1.82, 2.24) is 0 Å². The first-order valence-corrected chi connectivity index (χ1v) is 6.42. The van der Waals surface area contributed by atoms with Crippen LogP contribution in [0.15, 0.2) is 42.5 Å². The summed E-state index contributed by atoms with van der Waals surface area (Å²) >= 11 is 0. The highest BCUT2D eigenvalue weighted by Gasteiger charge is 2.21. The van der Waals surface area contributed by atoms with Crippen molar-refractivity contribution in [2.75, 3.05) is 0 Å². The average molecular weight is 277 g/mol. The van der Waals surface area contributed by atoms with Crippen LogP contribution in [0.4, 0.5) is 8.78 Å². The first-order valence-electron chi connectivity index (χ1n) is 6.42. The fourth-order valence-electron chi connectivity index (χ4n) is 2.06. The van der Waals surface area contributed by atoms with E-state index in [0.717, 1.165) is 29.3 Å². The van der Waals surface area contributed by atoms with Crippen molar-refractivity contribution in [3.05, 3.63) is 65.2 Å². The second kappa shape index (κ2) is 6.01. The van der Waals surface area contributed by atoms with Gasteiger partial charge in [0, 0.05) is 12.1 Å². The number of rotatable bonds is 4. The van der Waals surface area contributed by atoms with Gasteiger partial charge < -0.3 is 10.5 Å². The summed E-state index contributed by atoms with van der Waals surface area (Å²) in [6.07, 6.45) is -0.535. The molecular formula is C16H17F2NO. The summed E-state index contributed by atoms with van der Waals surface area (Å²) in [4.78, 5) is 0. The van der Waals surface area contributed by atoms with E-state index in [2.05, 4.69) is 0 Å². The summed E-state index contributed by atoms with van der Waals surface area (Å²) in [5.74, 6) is -1.28. The average Bonchev–Trinajstić information content (AvgIpc) is 2.40. The van der Waals surface area contributed by atoms with E-state index < -0.39 is 17.7 Å². The van der Waals surface area contributed by atoms with Gasteiger partial charge in [-0.3, -0.25) is 0 Å². The molecule has 2 nitrogen and oxygen atoms in total. The lowest BCUT2D eigenvalue weighted by atomic mass is 9.99. The Kier molecular flexibility index (Phi) is 4.35. The number of aryl methyl sites for hydroxylation is 1. The summed E-state index contributed by atoms with van der Waals surface area (Å²) in [5.41, 5.74) is 7.79. The van der Waals surface area contributed by atoms with Crippen LogP contribution in [0.1, 0.15) is 24.2 Å². The van der Waals surface area contributed by atoms with Crippen molar-refractivity contribution >= 4 is 0 Å². The van der Waals surface area contributed by atoms with Crippen LogP contribution < -0.4 is 10.5 Å². The van der Waals surface area contributed by atoms with E-state index in [1.54, 1.807) is 6.92 Å². The fourth-order valence-corrected chi connectivity index (χ4v) is 2.06. The Balaban J connectivity index is 2.36. The molecule has 0 aliphatic heterocycles. The zero-order valence-corrected chi connectivity index (χ0v) is 11.4. The van der Waals surface area contributed by atoms with Crippen LogP contribution in [0, 0.1) is 18.6 Å². The van der Waals surface area contributed by atoms with E-state index in [0.29, 0.717) is 0 Å². The van der Waals surface area contributed by atoms with Crippen molar-refractivity contribution in [2.24, 2.45) is 5.73 Å². The van der Waals surface area contributed by atoms with Gasteiger partial charge in [0.25, 0.3) is 0 Å². The molecule has 0 amide bonds. The number of hydrogen-bond acceptors (Lipinski definition) is 2. The molecule has 0 aliphatic rings. The zero-order valence-electron chi connectivity index (χ0n) is 11.4. The molecule has 2 aromatic carbocycles. The number of benzene rings is 2. The standard InChI is InChI=1S/C16H17F2NO/c1-10-5-3-4-6-13(10)16(11(2)19)20-15-9-12(17)7-8-14(15)18/h3-9,11,16H,19H2,1-2H3. The van der Waals surface area contributed by atoms with Gasteiger partial charge in [0.15, 0.2) is 11.6 Å². The summed E-state index contributed by atoms with van der Waals surface area (Å²) in [6, 6.07) is 10.3. The molecule has 2 atom stereocenters. The number of halogens is 2. The maximum atomic E-state index is 13.7. The Hall–Kier alpha value is -1.94. The van der Waals surface area contributed by atoms with Gasteiger partial charge in [-0.25, -0.2) is 8.78 Å². The van der Waals surface area contributed by atoms with Gasteiger partial charge in [-0.1, -0.05) is 24.3 Å². The topological polar surface area (TPSA) is 35.2 Å². The first-order chi connectivity index (χ1) is 9.49. The van der Waals surface area contributed by atoms with Crippen LogP contribution >= 0.6 is 0 Å². The minimum absolute atomic E-state index is 0.129. The molecule has 0 fully saturated rings. The Morgan fingerprint density at radius 3 is 2.45 bits per heavy atom. The van der Waals surface area contributed by atoms with Crippen molar-refractivity contribution in [3.63, 3.8) is 0 Å². The van der Waals surface area contributed by atoms with Crippen molar-refractivity contribution in [2.45, 2.75) is 26.0 Å². The second-order valence-electron chi connectivity index (χ2n) is 4.83. The smallest absolute Gasteiger partial charge is 0.165 e. The highest BCUT2D eigenvalue weighted by atomic mass is 19.1. The molecule has 106 valence electrons. The number of nitrogens with two attached hydrogens (primary N) is 1. The van der Waals surface area contributed by atoms with Crippen LogP contribution in [0.5, 0.6) is 5.75 Å². The largest absolute Gasteiger partial charge is 0.481 e. The lowest BCUT2D eigenvalue weighted by Crippen LogP contribution is -2.29. The summed E-state index contributed by atoms with van der Waals surface area (Å²) in [7, 11) is 0. The molecule has 2 unspecified atom stereocenters. The van der Waals surface area contributed by atoms with Crippen LogP contribution in [0.3, 0.4) is 0 Å². The van der Waals surface area contributed by atoms with E-state index in [9.17, 15) is 8.78 Å². The van der Waals surface area contributed by atoms with Crippen LogP contribution in [-0.2, 0) is 0 Å². The minimum atomic E-state index is -0.606. The molecule has 2 rings (SSSR count). The molecule has 2 aromatic rings. The van der Waals surface area contributed by atoms with E-state index in [1.807, 2.05) is 31.2 Å². The Morgan fingerprint density at radius 1 is 1.10 bits per heavy atom. The monoisotopic (exact) mass is 277 g/mol. The van der Waals surface area contributed by atoms with Crippen molar-refractivity contribution in [1.29, 1.82) is 0 Å². The molecule has 0 radical (unpaired) electrons. The molecule has 0 aromatic heterocycles. The SMILES string of the molecule is Cc1ccccc1C(Oc1cc(F)ccc1F)C(C)N. The third-order valence-corrected chi connectivity index (χ3v) is 3.12. The molecule has 0 aliphatic carbocycles. The number of ether oxygens (including phenoxy) is 1. The Labute approximate surface area is 117 Å². The predicted molar refractivity (Wildman–Crippen MR) is 74.6 cm³/mol. The maximum absolute atomic E-state index is 13.7. The molecule has 20 heavy (non-hydrogen) atoms. The first kappa shape index (κ1) is 14.5. The van der Waals surface area contributed by atoms with Crippen molar-refractivity contribution in [3.8, 4) is 5.75 Å². The maximum Gasteiger partial charge on any atom is 0.165 e. The predicted octanol–water partition coefficient (Wildman–Crippen LogP) is 3.74. The van der Waals surface area contributed by atoms with Gasteiger partial charge in [0.1, 0.15) is 11.9 Å². The lowest BCUT2D eigenvalue weighted by molar-refractivity contribution is 0.171. The Bertz CT molecular complexity index is 599. The highest BCUT2D eigenvalue weighted by Crippen LogP contribution is 2.28. The van der Waals surface area contributed by atoms with E-state index in [4.69, 9.17) is 10.5 Å². The minimum Gasteiger partial charge on any atom is -0.481 e. The van der Waals surface area contributed by atoms with E-state index in [1.165, 1.54) is 0 Å². The Morgan fingerprint density at radius 2 is 1.80 bits per heavy atom. The zero-order chi connectivity index (χ0) is 14.7. The third-order valence-electron chi connectivity index (χ3n) is 3.12. The lowest BCUT2D eigenvalue weighted by Gasteiger charge is -2.24. The molecule has 2 N–H and O–H groups in total. The molecule has 0 heterocycles. The van der Waals surface area contributed by atoms with E-state index in [-0.39, 0.29) is 11.8 Å².